The van der Waals surface area contributed by atoms with Gasteiger partial charge in [-0.2, -0.15) is 0 Å². The van der Waals surface area contributed by atoms with Gasteiger partial charge in [-0.3, -0.25) is 24.4 Å². The van der Waals surface area contributed by atoms with Crippen molar-refractivity contribution in [3.8, 4) is 0 Å². The number of aliphatic hydroxyl groups is 2. The smallest absolute Gasteiger partial charge is 0.273 e. The Hall–Kier alpha value is -3.66. The Morgan fingerprint density at radius 3 is 1.59 bits per heavy atom. The molecular weight excluding hydrogens is 612 g/mol. The summed E-state index contributed by atoms with van der Waals surface area (Å²) in [6.45, 7) is 9.60. The summed E-state index contributed by atoms with van der Waals surface area (Å²) in [4.78, 5) is 27.0. The van der Waals surface area contributed by atoms with Crippen LogP contribution in [0, 0.1) is 34.1 Å². The SMILES string of the molecule is C.CCS(=O)(=O)C[C@](C)(O)c1cc2cc([N+](=O)[O-])c(C)cc2[nH]1.CCS(=O)C[C@](C)(O)c1cc2cc([N+](=O)[O-])c(C)cc2[nH]1. The van der Waals surface area contributed by atoms with Gasteiger partial charge < -0.3 is 20.2 Å². The zero-order valence-corrected chi connectivity index (χ0v) is 26.4. The first-order chi connectivity index (χ1) is 19.8. The molecule has 0 saturated carbocycles. The van der Waals surface area contributed by atoms with E-state index in [0.717, 1.165) is 5.52 Å². The number of H-pyrrole nitrogens is 2. The van der Waals surface area contributed by atoms with Crippen LogP contribution in [0.1, 0.15) is 57.6 Å². The van der Waals surface area contributed by atoms with Gasteiger partial charge in [0.2, 0.25) is 0 Å². The first-order valence-corrected chi connectivity index (χ1v) is 16.7. The molecule has 3 atom stereocenters. The van der Waals surface area contributed by atoms with E-state index in [2.05, 4.69) is 9.97 Å². The summed E-state index contributed by atoms with van der Waals surface area (Å²) in [6, 6.07) is 9.42. The van der Waals surface area contributed by atoms with Gasteiger partial charge >= 0.3 is 0 Å². The molecule has 13 nitrogen and oxygen atoms in total. The molecular formula is C29H40N4O9S2. The van der Waals surface area contributed by atoms with Crippen LogP contribution in [-0.4, -0.2) is 65.7 Å². The topological polar surface area (TPSA) is 210 Å². The third-order valence-electron chi connectivity index (χ3n) is 7.13. The Labute approximate surface area is 258 Å². The van der Waals surface area contributed by atoms with Gasteiger partial charge in [0.15, 0.2) is 9.84 Å². The lowest BCUT2D eigenvalue weighted by atomic mass is 10.1. The maximum absolute atomic E-state index is 11.7. The number of hydrogen-bond donors (Lipinski definition) is 4. The minimum atomic E-state index is -3.37. The summed E-state index contributed by atoms with van der Waals surface area (Å²) in [5.74, 6) is 0.122. The lowest BCUT2D eigenvalue weighted by Gasteiger charge is -2.21. The van der Waals surface area contributed by atoms with Crippen LogP contribution >= 0.6 is 0 Å². The number of aromatic nitrogens is 2. The van der Waals surface area contributed by atoms with Gasteiger partial charge in [0.25, 0.3) is 11.4 Å². The van der Waals surface area contributed by atoms with E-state index in [-0.39, 0.29) is 30.3 Å². The molecule has 0 aliphatic carbocycles. The molecule has 0 aliphatic rings. The number of benzene rings is 2. The highest BCUT2D eigenvalue weighted by Gasteiger charge is 2.31. The second-order valence-corrected chi connectivity index (χ2v) is 15.0. The van der Waals surface area contributed by atoms with Gasteiger partial charge in [-0.25, -0.2) is 8.42 Å². The van der Waals surface area contributed by atoms with E-state index in [1.807, 2.05) is 0 Å². The van der Waals surface area contributed by atoms with Crippen LogP contribution in [0.2, 0.25) is 0 Å². The minimum Gasteiger partial charge on any atom is -0.383 e. The quantitative estimate of drug-likeness (QED) is 0.134. The molecule has 4 N–H and O–H groups in total. The van der Waals surface area contributed by atoms with E-state index in [4.69, 9.17) is 0 Å². The second-order valence-electron chi connectivity index (χ2n) is 10.9. The number of nitro benzene ring substituents is 2. The summed E-state index contributed by atoms with van der Waals surface area (Å²) >= 11 is 0. The molecule has 2 heterocycles. The first kappa shape index (κ1) is 36.5. The van der Waals surface area contributed by atoms with Crippen molar-refractivity contribution in [2.45, 2.75) is 60.2 Å². The number of nitro groups is 2. The first-order valence-electron chi connectivity index (χ1n) is 13.4. The number of aromatic amines is 2. The van der Waals surface area contributed by atoms with Gasteiger partial charge in [0.05, 0.1) is 21.4 Å². The van der Waals surface area contributed by atoms with Gasteiger partial charge in [-0.05, 0) is 52.0 Å². The van der Waals surface area contributed by atoms with Crippen molar-refractivity contribution in [1.82, 2.24) is 9.97 Å². The second kappa shape index (κ2) is 13.5. The van der Waals surface area contributed by atoms with Crippen LogP contribution in [0.5, 0.6) is 0 Å². The van der Waals surface area contributed by atoms with E-state index in [9.17, 15) is 43.1 Å². The molecule has 0 radical (unpaired) electrons. The lowest BCUT2D eigenvalue weighted by molar-refractivity contribution is -0.385. The van der Waals surface area contributed by atoms with Gasteiger partial charge in [0, 0.05) is 78.8 Å². The Morgan fingerprint density at radius 1 is 0.818 bits per heavy atom. The lowest BCUT2D eigenvalue weighted by Crippen LogP contribution is -2.32. The van der Waals surface area contributed by atoms with E-state index < -0.39 is 47.4 Å². The van der Waals surface area contributed by atoms with Gasteiger partial charge in [-0.1, -0.05) is 21.3 Å². The molecule has 4 rings (SSSR count). The zero-order chi connectivity index (χ0) is 32.5. The van der Waals surface area contributed by atoms with E-state index >= 15 is 0 Å². The summed E-state index contributed by atoms with van der Waals surface area (Å²) in [5.41, 5.74) is 0.397. The molecule has 2 aromatic heterocycles. The molecule has 44 heavy (non-hydrogen) atoms. The highest BCUT2D eigenvalue weighted by Crippen LogP contribution is 2.31. The summed E-state index contributed by atoms with van der Waals surface area (Å²) in [5, 5.41) is 44.1. The van der Waals surface area contributed by atoms with Crippen molar-refractivity contribution >= 4 is 53.8 Å². The van der Waals surface area contributed by atoms with Crippen LogP contribution in [0.25, 0.3) is 21.8 Å². The number of nitrogens with one attached hydrogen (secondary N) is 2. The molecule has 0 fully saturated rings. The van der Waals surface area contributed by atoms with Crippen LogP contribution in [-0.2, 0) is 31.8 Å². The Balaban J connectivity index is 0.000000300. The standard InChI is InChI=1S/C14H18N2O5S.C14H18N2O4S.CH4/c1-4-22(20,21)8-14(3,17)13-7-10-6-12(16(18)19)9(2)5-11(10)15-13;1-4-21(20)8-14(3,17)13-7-10-6-12(16(18)19)9(2)5-11(10)15-13;/h5-7,15,17H,4,8H2,1-3H3;5-7,15,17H,4,8H2,1-3H3;1H4/t14-;14-,21?;/m00./s1. The fourth-order valence-corrected chi connectivity index (χ4v) is 6.83. The average molecular weight is 653 g/mol. The molecule has 0 spiro atoms. The molecule has 2 aromatic carbocycles. The monoisotopic (exact) mass is 652 g/mol. The van der Waals surface area contributed by atoms with E-state index in [1.54, 1.807) is 52.0 Å². The van der Waals surface area contributed by atoms with Crippen LogP contribution in [0.4, 0.5) is 11.4 Å². The van der Waals surface area contributed by atoms with Crippen molar-refractivity contribution in [3.63, 3.8) is 0 Å². The van der Waals surface area contributed by atoms with Crippen LogP contribution in [0.3, 0.4) is 0 Å². The fourth-order valence-electron chi connectivity index (χ4n) is 4.63. The third-order valence-corrected chi connectivity index (χ3v) is 10.5. The average Bonchev–Trinajstić information content (AvgIpc) is 3.51. The Kier molecular flexibility index (Phi) is 11.2. The van der Waals surface area contributed by atoms with Crippen LogP contribution in [0.15, 0.2) is 36.4 Å². The van der Waals surface area contributed by atoms with Crippen molar-refractivity contribution < 1.29 is 32.7 Å². The van der Waals surface area contributed by atoms with Crippen molar-refractivity contribution in [3.05, 3.63) is 79.1 Å². The third kappa shape index (κ3) is 8.28. The Morgan fingerprint density at radius 2 is 1.23 bits per heavy atom. The largest absolute Gasteiger partial charge is 0.383 e. The maximum atomic E-state index is 11.7. The highest BCUT2D eigenvalue weighted by molar-refractivity contribution is 7.91. The van der Waals surface area contributed by atoms with Crippen molar-refractivity contribution in [2.24, 2.45) is 0 Å². The van der Waals surface area contributed by atoms with Crippen LogP contribution < -0.4 is 0 Å². The molecule has 0 aliphatic heterocycles. The molecule has 4 aromatic rings. The molecule has 1 unspecified atom stereocenters. The summed E-state index contributed by atoms with van der Waals surface area (Å²) < 4.78 is 35.1. The normalized spacial score (nSPS) is 15.0. The summed E-state index contributed by atoms with van der Waals surface area (Å²) in [7, 11) is -4.48. The van der Waals surface area contributed by atoms with E-state index in [1.165, 1.54) is 26.0 Å². The molecule has 0 bridgehead atoms. The zero-order valence-electron chi connectivity index (χ0n) is 24.8. The van der Waals surface area contributed by atoms with Crippen molar-refractivity contribution in [1.29, 1.82) is 0 Å². The molecule has 242 valence electrons. The number of sulfone groups is 1. The number of aryl methyl sites for hydroxylation is 2. The predicted octanol–water partition coefficient (Wildman–Crippen LogP) is 5.02. The van der Waals surface area contributed by atoms with Gasteiger partial charge in [0.1, 0.15) is 11.2 Å². The summed E-state index contributed by atoms with van der Waals surface area (Å²) in [6.07, 6.45) is 0. The molecule has 0 saturated heterocycles. The number of hydrogen-bond acceptors (Lipinski definition) is 9. The highest BCUT2D eigenvalue weighted by atomic mass is 32.2. The maximum Gasteiger partial charge on any atom is 0.273 e. The Bertz CT molecular complexity index is 1820. The number of fused-ring (bicyclic) bond motifs is 2. The number of nitrogens with zero attached hydrogens (tertiary/aromatic N) is 2. The van der Waals surface area contributed by atoms with Crippen molar-refractivity contribution in [2.75, 3.05) is 23.0 Å². The van der Waals surface area contributed by atoms with Gasteiger partial charge in [-0.15, -0.1) is 0 Å². The predicted molar refractivity (Wildman–Crippen MR) is 173 cm³/mol. The fraction of sp³-hybridized carbons (Fsp3) is 0.448. The molecule has 15 heteroatoms. The van der Waals surface area contributed by atoms with E-state index in [0.29, 0.717) is 44.6 Å². The number of rotatable bonds is 10. The minimum absolute atomic E-state index is 0. The molecule has 0 amide bonds.